The molecule has 25 heavy (non-hydrogen) atoms. The van der Waals surface area contributed by atoms with Gasteiger partial charge in [0.1, 0.15) is 6.33 Å². The summed E-state index contributed by atoms with van der Waals surface area (Å²) in [7, 11) is 0. The number of hydrogen-bond donors (Lipinski definition) is 1. The van der Waals surface area contributed by atoms with Crippen LogP contribution < -0.4 is 0 Å². The van der Waals surface area contributed by atoms with Crippen LogP contribution in [0.2, 0.25) is 5.02 Å². The average molecular weight is 362 g/mol. The summed E-state index contributed by atoms with van der Waals surface area (Å²) in [6, 6.07) is 5.10. The van der Waals surface area contributed by atoms with Gasteiger partial charge in [-0.05, 0) is 47.9 Å². The number of nitrogens with zero attached hydrogens (tertiary/aromatic N) is 5. The van der Waals surface area contributed by atoms with E-state index in [0.717, 1.165) is 25.7 Å². The molecule has 4 rings (SSSR count). The lowest BCUT2D eigenvalue weighted by Gasteiger charge is -2.47. The third-order valence-corrected chi connectivity index (χ3v) is 5.74. The van der Waals surface area contributed by atoms with Gasteiger partial charge in [-0.3, -0.25) is 4.79 Å². The number of rotatable bonds is 2. The zero-order valence-corrected chi connectivity index (χ0v) is 14.6. The summed E-state index contributed by atoms with van der Waals surface area (Å²) in [6.07, 6.45) is 6.08. The molecule has 7 nitrogen and oxygen atoms in total. The van der Waals surface area contributed by atoms with Crippen LogP contribution in [0.15, 0.2) is 24.5 Å². The number of tetrazole rings is 1. The third kappa shape index (κ3) is 3.02. The molecule has 8 heteroatoms. The molecule has 2 aliphatic rings. The molecule has 2 heterocycles. The molecule has 0 bridgehead atoms. The van der Waals surface area contributed by atoms with Gasteiger partial charge in [0.2, 0.25) is 0 Å². The quantitative estimate of drug-likeness (QED) is 0.885. The van der Waals surface area contributed by atoms with Crippen molar-refractivity contribution < 1.29 is 9.90 Å². The van der Waals surface area contributed by atoms with Crippen molar-refractivity contribution in [1.82, 2.24) is 25.1 Å². The fourth-order valence-corrected chi connectivity index (χ4v) is 4.24. The van der Waals surface area contributed by atoms with Gasteiger partial charge in [0.15, 0.2) is 0 Å². The summed E-state index contributed by atoms with van der Waals surface area (Å²) in [5.74, 6) is 0.0810. The molecule has 1 saturated carbocycles. The number of carbonyl (C=O) groups is 1. The number of fused-ring (bicyclic) bond motifs is 1. The summed E-state index contributed by atoms with van der Waals surface area (Å²) in [5, 5.41) is 22.5. The van der Waals surface area contributed by atoms with Gasteiger partial charge in [-0.2, -0.15) is 4.68 Å². The van der Waals surface area contributed by atoms with Crippen molar-refractivity contribution in [3.8, 4) is 5.69 Å². The topological polar surface area (TPSA) is 84.1 Å². The first kappa shape index (κ1) is 16.5. The van der Waals surface area contributed by atoms with Gasteiger partial charge in [0, 0.05) is 24.0 Å². The minimum atomic E-state index is -0.603. The molecule has 2 aromatic rings. The fourth-order valence-electron chi connectivity index (χ4n) is 4.07. The molecule has 1 amide bonds. The summed E-state index contributed by atoms with van der Waals surface area (Å²) >= 11 is 6.09. The average Bonchev–Trinajstić information content (AvgIpc) is 3.15. The summed E-state index contributed by atoms with van der Waals surface area (Å²) in [5.41, 5.74) is 0.471. The number of aromatic nitrogens is 4. The van der Waals surface area contributed by atoms with E-state index in [1.807, 2.05) is 4.90 Å². The first-order chi connectivity index (χ1) is 12.1. The predicted octanol–water partition coefficient (Wildman–Crippen LogP) is 2.08. The molecule has 1 aromatic carbocycles. The molecule has 0 spiro atoms. The molecule has 1 aromatic heterocycles. The highest BCUT2D eigenvalue weighted by Crippen LogP contribution is 2.40. The Morgan fingerprint density at radius 1 is 1.32 bits per heavy atom. The van der Waals surface area contributed by atoms with Crippen molar-refractivity contribution >= 4 is 17.5 Å². The van der Waals surface area contributed by atoms with Gasteiger partial charge >= 0.3 is 0 Å². The molecule has 1 saturated heterocycles. The number of benzene rings is 1. The Hall–Kier alpha value is -1.99. The van der Waals surface area contributed by atoms with E-state index < -0.39 is 5.60 Å². The van der Waals surface area contributed by atoms with Crippen LogP contribution in [0.25, 0.3) is 5.69 Å². The van der Waals surface area contributed by atoms with E-state index in [-0.39, 0.29) is 11.8 Å². The fraction of sp³-hybridized carbons (Fsp3) is 0.529. The monoisotopic (exact) mass is 361 g/mol. The lowest BCUT2D eigenvalue weighted by atomic mass is 9.71. The van der Waals surface area contributed by atoms with E-state index in [4.69, 9.17) is 11.6 Å². The highest BCUT2D eigenvalue weighted by Gasteiger charge is 2.44. The highest BCUT2D eigenvalue weighted by atomic mass is 35.5. The van der Waals surface area contributed by atoms with Gasteiger partial charge in [-0.1, -0.05) is 24.4 Å². The van der Waals surface area contributed by atoms with E-state index in [1.165, 1.54) is 11.0 Å². The zero-order chi connectivity index (χ0) is 17.4. The maximum atomic E-state index is 13.1. The summed E-state index contributed by atoms with van der Waals surface area (Å²) in [4.78, 5) is 15.0. The van der Waals surface area contributed by atoms with Crippen LogP contribution in [0.3, 0.4) is 0 Å². The molecule has 0 unspecified atom stereocenters. The number of piperidine rings is 1. The number of hydrogen-bond acceptors (Lipinski definition) is 5. The van der Waals surface area contributed by atoms with Crippen molar-refractivity contribution in [2.45, 2.75) is 37.7 Å². The number of carbonyl (C=O) groups excluding carboxylic acids is 1. The Morgan fingerprint density at radius 2 is 2.20 bits per heavy atom. The second-order valence-electron chi connectivity index (χ2n) is 6.96. The van der Waals surface area contributed by atoms with Crippen molar-refractivity contribution in [3.63, 3.8) is 0 Å². The normalized spacial score (nSPS) is 26.3. The van der Waals surface area contributed by atoms with Gasteiger partial charge in [0.25, 0.3) is 5.91 Å². The first-order valence-electron chi connectivity index (χ1n) is 8.61. The molecular weight excluding hydrogens is 342 g/mol. The smallest absolute Gasteiger partial charge is 0.256 e. The van der Waals surface area contributed by atoms with Crippen molar-refractivity contribution in [2.24, 2.45) is 5.92 Å². The van der Waals surface area contributed by atoms with Crippen molar-refractivity contribution in [3.05, 3.63) is 35.1 Å². The van der Waals surface area contributed by atoms with Crippen LogP contribution >= 0.6 is 11.6 Å². The largest absolute Gasteiger partial charge is 0.389 e. The molecule has 2 atom stereocenters. The van der Waals surface area contributed by atoms with E-state index in [9.17, 15) is 9.90 Å². The van der Waals surface area contributed by atoms with E-state index in [2.05, 4.69) is 15.5 Å². The molecule has 0 radical (unpaired) electrons. The number of likely N-dealkylation sites (tertiary alicyclic amines) is 1. The molecule has 2 fully saturated rings. The highest BCUT2D eigenvalue weighted by molar-refractivity contribution is 6.31. The first-order valence-corrected chi connectivity index (χ1v) is 8.99. The van der Waals surface area contributed by atoms with Crippen molar-refractivity contribution in [1.29, 1.82) is 0 Å². The second kappa shape index (κ2) is 6.38. The Balaban J connectivity index is 1.62. The molecule has 1 aliphatic carbocycles. The molecule has 132 valence electrons. The summed E-state index contributed by atoms with van der Waals surface area (Å²) in [6.45, 7) is 1.15. The van der Waals surface area contributed by atoms with Gasteiger partial charge in [-0.25, -0.2) is 0 Å². The lowest BCUT2D eigenvalue weighted by molar-refractivity contribution is -0.0886. The van der Waals surface area contributed by atoms with E-state index in [0.29, 0.717) is 35.8 Å². The lowest BCUT2D eigenvalue weighted by Crippen LogP contribution is -2.54. The van der Waals surface area contributed by atoms with Crippen molar-refractivity contribution in [2.75, 3.05) is 13.1 Å². The molecule has 1 N–H and O–H groups in total. The zero-order valence-electron chi connectivity index (χ0n) is 13.8. The number of amides is 1. The second-order valence-corrected chi connectivity index (χ2v) is 7.40. The minimum absolute atomic E-state index is 0.0743. The Kier molecular flexibility index (Phi) is 4.21. The minimum Gasteiger partial charge on any atom is -0.389 e. The van der Waals surface area contributed by atoms with Crippen LogP contribution in [0, 0.1) is 5.92 Å². The van der Waals surface area contributed by atoms with E-state index in [1.54, 1.807) is 18.2 Å². The third-order valence-electron chi connectivity index (χ3n) is 5.50. The maximum Gasteiger partial charge on any atom is 0.256 e. The molecule has 1 aliphatic heterocycles. The van der Waals surface area contributed by atoms with Crippen LogP contribution in [0.1, 0.15) is 42.5 Å². The Morgan fingerprint density at radius 3 is 3.00 bits per heavy atom. The Bertz CT molecular complexity index is 781. The van der Waals surface area contributed by atoms with Gasteiger partial charge in [-0.15, -0.1) is 5.10 Å². The van der Waals surface area contributed by atoms with Crippen LogP contribution in [0.4, 0.5) is 0 Å². The standard InChI is InChI=1S/C17H20ClN5O2/c18-13-4-5-14(15(9-13)23-11-19-20-21-23)16(24)22-8-7-17(25)6-2-1-3-12(17)10-22/h4-5,9,11-12,25H,1-3,6-8,10H2/t12-,17+/m1/s1. The molecular formula is C17H20ClN5O2. The Labute approximate surface area is 150 Å². The maximum absolute atomic E-state index is 13.1. The summed E-state index contributed by atoms with van der Waals surface area (Å²) < 4.78 is 1.44. The van der Waals surface area contributed by atoms with Gasteiger partial charge < -0.3 is 10.0 Å². The number of halogens is 1. The van der Waals surface area contributed by atoms with Crippen LogP contribution in [-0.2, 0) is 0 Å². The number of aliphatic hydroxyl groups is 1. The SMILES string of the molecule is O=C(c1ccc(Cl)cc1-n1cnnn1)N1CC[C@@]2(O)CCCC[C@@H]2C1. The van der Waals surface area contributed by atoms with Crippen LogP contribution in [-0.4, -0.2) is 54.8 Å². The van der Waals surface area contributed by atoms with E-state index >= 15 is 0 Å². The van der Waals surface area contributed by atoms with Gasteiger partial charge in [0.05, 0.1) is 16.9 Å². The van der Waals surface area contributed by atoms with Crippen LogP contribution in [0.5, 0.6) is 0 Å². The predicted molar refractivity (Wildman–Crippen MR) is 91.6 cm³/mol.